The predicted molar refractivity (Wildman–Crippen MR) is 122 cm³/mol. The van der Waals surface area contributed by atoms with Gasteiger partial charge in [-0.05, 0) is 26.3 Å². The standard InChI is InChI=1S/C22H36FN7O3/c1-4-18-24-20(19(23)21(25-18)29-10-9-28(3)15(2)12-29)26-27-22(32)17(13-30(33)14-31)11-16-7-5-6-8-16/h14-17,33H,4-13H2,1-3H3,(H,27,32)(H,24,25,26)/t15?,17-/m1/s1. The van der Waals surface area contributed by atoms with Gasteiger partial charge in [0.2, 0.25) is 18.1 Å². The largest absolute Gasteiger partial charge is 0.351 e. The second-order valence-electron chi connectivity index (χ2n) is 9.18. The van der Waals surface area contributed by atoms with E-state index in [1.165, 1.54) is 0 Å². The number of nitrogens with one attached hydrogen (secondary N) is 2. The first kappa shape index (κ1) is 25.1. The molecule has 1 saturated heterocycles. The van der Waals surface area contributed by atoms with Gasteiger partial charge in [-0.25, -0.2) is 15.0 Å². The smallest absolute Gasteiger partial charge is 0.243 e. The van der Waals surface area contributed by atoms with Crippen molar-refractivity contribution in [3.8, 4) is 0 Å². The number of aryl methyl sites for hydroxylation is 1. The first-order chi connectivity index (χ1) is 15.8. The van der Waals surface area contributed by atoms with Crippen LogP contribution < -0.4 is 15.8 Å². The van der Waals surface area contributed by atoms with Crippen molar-refractivity contribution in [1.29, 1.82) is 0 Å². The Hall–Kier alpha value is -2.53. The van der Waals surface area contributed by atoms with Crippen molar-refractivity contribution in [1.82, 2.24) is 25.4 Å². The Morgan fingerprint density at radius 3 is 2.70 bits per heavy atom. The molecule has 2 heterocycles. The molecule has 1 saturated carbocycles. The maximum atomic E-state index is 15.4. The van der Waals surface area contributed by atoms with E-state index in [0.717, 1.165) is 32.2 Å². The molecule has 2 aliphatic rings. The number of nitrogens with zero attached hydrogens (tertiary/aromatic N) is 5. The van der Waals surface area contributed by atoms with E-state index in [2.05, 4.69) is 32.6 Å². The first-order valence-corrected chi connectivity index (χ1v) is 11.8. The summed E-state index contributed by atoms with van der Waals surface area (Å²) in [5.41, 5.74) is 5.17. The third-order valence-corrected chi connectivity index (χ3v) is 6.75. The lowest BCUT2D eigenvalue weighted by molar-refractivity contribution is -0.154. The average Bonchev–Trinajstić information content (AvgIpc) is 3.32. The number of carbonyl (C=O) groups excluding carboxylic acids is 2. The summed E-state index contributed by atoms with van der Waals surface area (Å²) in [7, 11) is 2.04. The minimum Gasteiger partial charge on any atom is -0.351 e. The van der Waals surface area contributed by atoms with Crippen molar-refractivity contribution in [2.75, 3.05) is 43.6 Å². The SMILES string of the molecule is CCc1nc(NNC(=O)[C@H](CC2CCCC2)CN(O)C=O)c(F)c(N2CCN(C)C(C)C2)n1. The number of hydrazine groups is 1. The van der Waals surface area contributed by atoms with Crippen molar-refractivity contribution < 1.29 is 19.2 Å². The topological polar surface area (TPSA) is 114 Å². The highest BCUT2D eigenvalue weighted by Gasteiger charge is 2.29. The van der Waals surface area contributed by atoms with Crippen LogP contribution in [0.25, 0.3) is 0 Å². The van der Waals surface area contributed by atoms with E-state index in [1.54, 1.807) is 0 Å². The molecule has 2 fully saturated rings. The van der Waals surface area contributed by atoms with E-state index in [-0.39, 0.29) is 30.6 Å². The molecule has 3 rings (SSSR count). The summed E-state index contributed by atoms with van der Waals surface area (Å²) >= 11 is 0. The summed E-state index contributed by atoms with van der Waals surface area (Å²) in [6.45, 7) is 5.93. The minimum absolute atomic E-state index is 0.0901. The van der Waals surface area contributed by atoms with Gasteiger partial charge in [-0.3, -0.25) is 25.6 Å². The Bertz CT molecular complexity index is 821. The fourth-order valence-corrected chi connectivity index (χ4v) is 4.58. The molecule has 0 aromatic carbocycles. The normalized spacial score (nSPS) is 20.5. The molecular weight excluding hydrogens is 429 g/mol. The number of carbonyl (C=O) groups is 2. The van der Waals surface area contributed by atoms with Gasteiger partial charge in [0.05, 0.1) is 12.5 Å². The van der Waals surface area contributed by atoms with E-state index in [0.29, 0.717) is 42.7 Å². The van der Waals surface area contributed by atoms with Gasteiger partial charge in [0.1, 0.15) is 5.82 Å². The van der Waals surface area contributed by atoms with E-state index in [4.69, 9.17) is 0 Å². The molecular formula is C22H36FN7O3. The van der Waals surface area contributed by atoms with E-state index < -0.39 is 17.6 Å². The Kier molecular flexibility index (Phi) is 8.79. The molecule has 10 nitrogen and oxygen atoms in total. The lowest BCUT2D eigenvalue weighted by atomic mass is 9.92. The maximum absolute atomic E-state index is 15.4. The van der Waals surface area contributed by atoms with Crippen LogP contribution in [0.5, 0.6) is 0 Å². The monoisotopic (exact) mass is 465 g/mol. The molecule has 3 N–H and O–H groups in total. The van der Waals surface area contributed by atoms with Gasteiger partial charge in [0, 0.05) is 32.1 Å². The molecule has 1 aliphatic heterocycles. The molecule has 0 radical (unpaired) electrons. The average molecular weight is 466 g/mol. The summed E-state index contributed by atoms with van der Waals surface area (Å²) in [6, 6.07) is 0.255. The summed E-state index contributed by atoms with van der Waals surface area (Å²) in [5, 5.41) is 10.1. The number of halogens is 1. The van der Waals surface area contributed by atoms with Crippen LogP contribution in [0.15, 0.2) is 0 Å². The van der Waals surface area contributed by atoms with Crippen LogP contribution in [0, 0.1) is 17.7 Å². The molecule has 2 amide bonds. The quantitative estimate of drug-likeness (QED) is 0.272. The van der Waals surface area contributed by atoms with Crippen molar-refractivity contribution >= 4 is 24.0 Å². The molecule has 1 unspecified atom stereocenters. The number of amides is 2. The summed E-state index contributed by atoms with van der Waals surface area (Å²) < 4.78 is 15.4. The number of rotatable bonds is 10. The van der Waals surface area contributed by atoms with E-state index in [1.807, 2.05) is 18.9 Å². The predicted octanol–water partition coefficient (Wildman–Crippen LogP) is 1.81. The van der Waals surface area contributed by atoms with Crippen LogP contribution in [0.3, 0.4) is 0 Å². The van der Waals surface area contributed by atoms with Crippen LogP contribution in [-0.2, 0) is 16.0 Å². The molecule has 1 aromatic rings. The number of piperazine rings is 1. The highest BCUT2D eigenvalue weighted by Crippen LogP contribution is 2.31. The lowest BCUT2D eigenvalue weighted by Gasteiger charge is -2.38. The number of aromatic nitrogens is 2. The van der Waals surface area contributed by atoms with Gasteiger partial charge in [-0.15, -0.1) is 0 Å². The summed E-state index contributed by atoms with van der Waals surface area (Å²) in [4.78, 5) is 36.5. The van der Waals surface area contributed by atoms with Crippen LogP contribution in [-0.4, -0.2) is 76.7 Å². The van der Waals surface area contributed by atoms with Crippen LogP contribution in [0.1, 0.15) is 51.8 Å². The van der Waals surface area contributed by atoms with Gasteiger partial charge in [0.15, 0.2) is 11.6 Å². The molecule has 0 spiro atoms. The Morgan fingerprint density at radius 2 is 2.06 bits per heavy atom. The molecule has 1 aromatic heterocycles. The fourth-order valence-electron chi connectivity index (χ4n) is 4.58. The van der Waals surface area contributed by atoms with E-state index in [9.17, 15) is 14.8 Å². The van der Waals surface area contributed by atoms with Gasteiger partial charge in [0.25, 0.3) is 0 Å². The van der Waals surface area contributed by atoms with Crippen LogP contribution >= 0.6 is 0 Å². The Balaban J connectivity index is 1.72. The lowest BCUT2D eigenvalue weighted by Crippen LogP contribution is -2.50. The van der Waals surface area contributed by atoms with Crippen molar-refractivity contribution in [3.05, 3.63) is 11.6 Å². The Labute approximate surface area is 194 Å². The minimum atomic E-state index is -0.621. The van der Waals surface area contributed by atoms with Gasteiger partial charge in [-0.1, -0.05) is 32.6 Å². The van der Waals surface area contributed by atoms with Crippen molar-refractivity contribution in [2.24, 2.45) is 11.8 Å². The van der Waals surface area contributed by atoms with Crippen molar-refractivity contribution in [2.45, 2.75) is 58.4 Å². The Morgan fingerprint density at radius 1 is 1.33 bits per heavy atom. The third kappa shape index (κ3) is 6.50. The second kappa shape index (κ2) is 11.6. The highest BCUT2D eigenvalue weighted by molar-refractivity contribution is 5.80. The molecule has 1 aliphatic carbocycles. The van der Waals surface area contributed by atoms with Gasteiger partial charge < -0.3 is 9.80 Å². The molecule has 2 atom stereocenters. The van der Waals surface area contributed by atoms with Gasteiger partial charge >= 0.3 is 0 Å². The first-order valence-electron chi connectivity index (χ1n) is 11.8. The summed E-state index contributed by atoms with van der Waals surface area (Å²) in [5.74, 6) is -0.684. The molecule has 33 heavy (non-hydrogen) atoms. The number of anilines is 2. The number of hydrogen-bond donors (Lipinski definition) is 3. The molecule has 11 heteroatoms. The third-order valence-electron chi connectivity index (χ3n) is 6.75. The number of hydrogen-bond acceptors (Lipinski definition) is 8. The molecule has 0 bridgehead atoms. The zero-order valence-electron chi connectivity index (χ0n) is 19.8. The number of hydroxylamine groups is 2. The summed E-state index contributed by atoms with van der Waals surface area (Å²) in [6.07, 6.45) is 5.63. The fraction of sp³-hybridized carbons (Fsp3) is 0.727. The molecule has 184 valence electrons. The maximum Gasteiger partial charge on any atom is 0.243 e. The zero-order valence-corrected chi connectivity index (χ0v) is 19.8. The highest BCUT2D eigenvalue weighted by atomic mass is 19.1. The number of likely N-dealkylation sites (N-methyl/N-ethyl adjacent to an activating group) is 1. The van der Waals surface area contributed by atoms with Crippen molar-refractivity contribution in [3.63, 3.8) is 0 Å². The zero-order chi connectivity index (χ0) is 24.0. The van der Waals surface area contributed by atoms with Crippen LogP contribution in [0.4, 0.5) is 16.0 Å². The van der Waals surface area contributed by atoms with E-state index >= 15 is 4.39 Å². The van der Waals surface area contributed by atoms with Gasteiger partial charge in [-0.2, -0.15) is 4.39 Å². The van der Waals surface area contributed by atoms with Crippen LogP contribution in [0.2, 0.25) is 0 Å². The second-order valence-corrected chi connectivity index (χ2v) is 9.18.